The molecule has 0 aliphatic carbocycles. The van der Waals surface area contributed by atoms with Gasteiger partial charge in [-0.25, -0.2) is 0 Å². The molecule has 0 amide bonds. The van der Waals surface area contributed by atoms with Crippen LogP contribution in [0.25, 0.3) is 32.3 Å². The van der Waals surface area contributed by atoms with E-state index in [1.165, 1.54) is 32.7 Å². The molecule has 4 nitrogen and oxygen atoms in total. The Kier molecular flexibility index (Phi) is 7.70. The standard InChI is InChI=1S/C42H48N2O2/c1-43(2,3)27-9-11-30-17-23-34(24-18-30)42(35-25-19-31(20-26-35)12-10-28-44(4,5)6)29-45-40-36-15-7-13-32-21-22-33-14-8-16-37(41(40)46-42)39(33)38(32)36/h7-8,13-26H,9-12,27-29H2,1-6H3/q+2. The molecule has 0 saturated carbocycles. The van der Waals surface area contributed by atoms with Gasteiger partial charge >= 0.3 is 0 Å². The third kappa shape index (κ3) is 5.81. The molecule has 0 N–H and O–H groups in total. The Labute approximate surface area is 274 Å². The van der Waals surface area contributed by atoms with Crippen LogP contribution in [0.1, 0.15) is 35.1 Å². The predicted molar refractivity (Wildman–Crippen MR) is 192 cm³/mol. The van der Waals surface area contributed by atoms with Crippen molar-refractivity contribution >= 4 is 32.3 Å². The van der Waals surface area contributed by atoms with Crippen LogP contribution in [0.5, 0.6) is 11.5 Å². The van der Waals surface area contributed by atoms with Gasteiger partial charge in [0.1, 0.15) is 6.61 Å². The largest absolute Gasteiger partial charge is 0.484 e. The highest BCUT2D eigenvalue weighted by Crippen LogP contribution is 2.52. The molecule has 0 saturated heterocycles. The van der Waals surface area contributed by atoms with Crippen molar-refractivity contribution in [3.63, 3.8) is 0 Å². The summed E-state index contributed by atoms with van der Waals surface area (Å²) >= 11 is 0. The van der Waals surface area contributed by atoms with Gasteiger partial charge in [0.2, 0.25) is 0 Å². The maximum atomic E-state index is 7.41. The fourth-order valence-corrected chi connectivity index (χ4v) is 7.25. The van der Waals surface area contributed by atoms with Gasteiger partial charge in [0.25, 0.3) is 0 Å². The van der Waals surface area contributed by atoms with Gasteiger partial charge in [-0.3, -0.25) is 0 Å². The average Bonchev–Trinajstić information content (AvgIpc) is 3.03. The van der Waals surface area contributed by atoms with Crippen LogP contribution >= 0.6 is 0 Å². The van der Waals surface area contributed by atoms with Crippen molar-refractivity contribution in [1.82, 2.24) is 0 Å². The molecule has 4 heteroatoms. The zero-order valence-corrected chi connectivity index (χ0v) is 28.4. The van der Waals surface area contributed by atoms with Gasteiger partial charge in [0.05, 0.1) is 55.4 Å². The van der Waals surface area contributed by atoms with Crippen molar-refractivity contribution in [2.24, 2.45) is 0 Å². The van der Waals surface area contributed by atoms with Gasteiger partial charge in [-0.2, -0.15) is 0 Å². The molecule has 46 heavy (non-hydrogen) atoms. The first kappa shape index (κ1) is 30.5. The van der Waals surface area contributed by atoms with Gasteiger partial charge < -0.3 is 18.4 Å². The molecule has 6 aromatic rings. The smallest absolute Gasteiger partial charge is 0.193 e. The van der Waals surface area contributed by atoms with Crippen molar-refractivity contribution in [2.45, 2.75) is 31.3 Å². The fourth-order valence-electron chi connectivity index (χ4n) is 7.25. The van der Waals surface area contributed by atoms with Gasteiger partial charge in [-0.05, 0) is 34.7 Å². The zero-order chi connectivity index (χ0) is 32.1. The molecule has 0 fully saturated rings. The fraction of sp³-hybridized carbons (Fsp3) is 0.333. The summed E-state index contributed by atoms with van der Waals surface area (Å²) in [6.07, 6.45) is 4.46. The quantitative estimate of drug-likeness (QED) is 0.114. The minimum atomic E-state index is -0.775. The predicted octanol–water partition coefficient (Wildman–Crippen LogP) is 8.58. The minimum Gasteiger partial charge on any atom is -0.484 e. The molecule has 1 heterocycles. The van der Waals surface area contributed by atoms with Crippen molar-refractivity contribution in [2.75, 3.05) is 62.0 Å². The normalized spacial score (nSPS) is 14.8. The van der Waals surface area contributed by atoms with Gasteiger partial charge in [0, 0.05) is 45.5 Å². The Morgan fingerprint density at radius 3 is 1.46 bits per heavy atom. The summed E-state index contributed by atoms with van der Waals surface area (Å²) in [6, 6.07) is 35.7. The molecule has 0 radical (unpaired) electrons. The maximum absolute atomic E-state index is 7.41. The van der Waals surface area contributed by atoms with E-state index < -0.39 is 5.60 Å². The lowest BCUT2D eigenvalue weighted by atomic mass is 9.84. The molecule has 0 bridgehead atoms. The summed E-state index contributed by atoms with van der Waals surface area (Å²) in [7, 11) is 13.6. The molecular weight excluding hydrogens is 564 g/mol. The minimum absolute atomic E-state index is 0.405. The highest BCUT2D eigenvalue weighted by atomic mass is 16.6. The van der Waals surface area contributed by atoms with Crippen LogP contribution in [0.2, 0.25) is 0 Å². The van der Waals surface area contributed by atoms with Gasteiger partial charge in [-0.1, -0.05) is 97.1 Å². The number of fused-ring (bicyclic) bond motifs is 3. The topological polar surface area (TPSA) is 18.5 Å². The third-order valence-corrected chi connectivity index (χ3v) is 9.71. The number of nitrogens with zero attached hydrogens (tertiary/aromatic N) is 2. The molecule has 0 aromatic heterocycles. The summed E-state index contributed by atoms with van der Waals surface area (Å²) in [5.74, 6) is 1.68. The van der Waals surface area contributed by atoms with E-state index >= 15 is 0 Å². The second-order valence-electron chi connectivity index (χ2n) is 15.4. The van der Waals surface area contributed by atoms with Gasteiger partial charge in [-0.15, -0.1) is 0 Å². The summed E-state index contributed by atoms with van der Waals surface area (Å²) in [4.78, 5) is 0. The molecule has 0 unspecified atom stereocenters. The zero-order valence-electron chi connectivity index (χ0n) is 28.4. The van der Waals surface area contributed by atoms with Crippen molar-refractivity contribution in [1.29, 1.82) is 0 Å². The summed E-state index contributed by atoms with van der Waals surface area (Å²) in [5.41, 5.74) is 4.19. The first-order valence-corrected chi connectivity index (χ1v) is 16.8. The average molecular weight is 613 g/mol. The molecule has 0 spiro atoms. The lowest BCUT2D eigenvalue weighted by Crippen LogP contribution is -2.43. The molecule has 0 atom stereocenters. The molecular formula is C42H48N2O2+2. The summed E-state index contributed by atoms with van der Waals surface area (Å²) in [6.45, 7) is 2.71. The Balaban J connectivity index is 1.31. The number of ether oxygens (including phenoxy) is 2. The van der Waals surface area contributed by atoms with Crippen LogP contribution in [-0.4, -0.2) is 70.9 Å². The maximum Gasteiger partial charge on any atom is 0.193 e. The highest BCUT2D eigenvalue weighted by molar-refractivity contribution is 6.26. The molecule has 1 aliphatic rings. The number of aryl methyl sites for hydroxylation is 2. The van der Waals surface area contributed by atoms with E-state index in [1.54, 1.807) is 0 Å². The van der Waals surface area contributed by atoms with Crippen LogP contribution in [0.3, 0.4) is 0 Å². The van der Waals surface area contributed by atoms with Crippen molar-refractivity contribution < 1.29 is 18.4 Å². The lowest BCUT2D eigenvalue weighted by molar-refractivity contribution is -0.870. The second-order valence-corrected chi connectivity index (χ2v) is 15.4. The van der Waals surface area contributed by atoms with Crippen LogP contribution in [-0.2, 0) is 18.4 Å². The van der Waals surface area contributed by atoms with Crippen LogP contribution < -0.4 is 9.47 Å². The SMILES string of the molecule is C[N+](C)(C)CCCc1ccc(C2(c3ccc(CCC[N+](C)(C)C)cc3)COc3c(c4cccc5ccc6cccc3c6c54)O2)cc1. The molecule has 6 aromatic carbocycles. The summed E-state index contributed by atoms with van der Waals surface area (Å²) in [5, 5.41) is 7.17. The van der Waals surface area contributed by atoms with E-state index in [0.29, 0.717) is 6.61 Å². The first-order valence-electron chi connectivity index (χ1n) is 16.8. The molecule has 7 rings (SSSR count). The van der Waals surface area contributed by atoms with E-state index in [4.69, 9.17) is 9.47 Å². The van der Waals surface area contributed by atoms with Crippen LogP contribution in [0.4, 0.5) is 0 Å². The van der Waals surface area contributed by atoms with E-state index in [0.717, 1.165) is 81.1 Å². The van der Waals surface area contributed by atoms with Crippen molar-refractivity contribution in [3.05, 3.63) is 119 Å². The number of rotatable bonds is 10. The Hall–Kier alpha value is -4.12. The number of benzene rings is 6. The van der Waals surface area contributed by atoms with E-state index in [-0.39, 0.29) is 0 Å². The van der Waals surface area contributed by atoms with E-state index in [9.17, 15) is 0 Å². The summed E-state index contributed by atoms with van der Waals surface area (Å²) < 4.78 is 16.3. The number of hydrogen-bond acceptors (Lipinski definition) is 2. The number of quaternary nitrogens is 2. The first-order chi connectivity index (χ1) is 22.0. The highest BCUT2D eigenvalue weighted by Gasteiger charge is 2.43. The van der Waals surface area contributed by atoms with Crippen LogP contribution in [0.15, 0.2) is 97.1 Å². The second kappa shape index (κ2) is 11.6. The number of hydrogen-bond donors (Lipinski definition) is 0. The Bertz CT molecular complexity index is 1920. The lowest BCUT2D eigenvalue weighted by Gasteiger charge is -2.40. The third-order valence-electron chi connectivity index (χ3n) is 9.71. The Morgan fingerprint density at radius 1 is 0.543 bits per heavy atom. The van der Waals surface area contributed by atoms with Crippen molar-refractivity contribution in [3.8, 4) is 11.5 Å². The molecule has 1 aliphatic heterocycles. The van der Waals surface area contributed by atoms with Crippen LogP contribution in [0, 0.1) is 0 Å². The van der Waals surface area contributed by atoms with E-state index in [1.807, 2.05) is 0 Å². The molecule has 236 valence electrons. The Morgan fingerprint density at radius 2 is 1.00 bits per heavy atom. The monoisotopic (exact) mass is 612 g/mol. The van der Waals surface area contributed by atoms with E-state index in [2.05, 4.69) is 139 Å². The van der Waals surface area contributed by atoms with Gasteiger partial charge in [0.15, 0.2) is 17.1 Å².